The van der Waals surface area contributed by atoms with Crippen LogP contribution in [-0.2, 0) is 17.9 Å². The van der Waals surface area contributed by atoms with Gasteiger partial charge in [0.05, 0.1) is 24.9 Å². The van der Waals surface area contributed by atoms with Crippen LogP contribution in [0.4, 0.5) is 5.82 Å². The Bertz CT molecular complexity index is 1070. The van der Waals surface area contributed by atoms with E-state index in [1.807, 2.05) is 36.6 Å². The molecule has 3 aromatic heterocycles. The summed E-state index contributed by atoms with van der Waals surface area (Å²) >= 11 is 0. The van der Waals surface area contributed by atoms with E-state index in [4.69, 9.17) is 4.42 Å². The molecule has 0 spiro atoms. The van der Waals surface area contributed by atoms with Crippen LogP contribution in [0, 0.1) is 25.2 Å². The van der Waals surface area contributed by atoms with Crippen molar-refractivity contribution >= 4 is 11.7 Å². The van der Waals surface area contributed by atoms with Crippen molar-refractivity contribution in [2.24, 2.45) is 0 Å². The maximum atomic E-state index is 12.9. The molecule has 0 bridgehead atoms. The van der Waals surface area contributed by atoms with Crippen LogP contribution in [-0.4, -0.2) is 33.0 Å². The lowest BCUT2D eigenvalue weighted by molar-refractivity contribution is -0.118. The van der Waals surface area contributed by atoms with Gasteiger partial charge in [-0.15, -0.1) is 0 Å². The highest BCUT2D eigenvalue weighted by atomic mass is 16.3. The Hall–Kier alpha value is -3.24. The number of nitrogens with zero attached hydrogens (tertiary/aromatic N) is 4. The lowest BCUT2D eigenvalue weighted by Gasteiger charge is -2.34. The molecule has 7 nitrogen and oxygen atoms in total. The maximum absolute atomic E-state index is 12.9. The van der Waals surface area contributed by atoms with Crippen LogP contribution in [0.25, 0.3) is 0 Å². The standard InChI is InChI=1S/C22H25N5O2/c1-15-16(2)27(13-18-6-5-11-29-18)22(19(15)12-23)24-21(28)14-26-10-9-25-8-4-7-20(25)17(26)3/h4-8,11,17H,9-10,13-14H2,1-3H3,(H,24,28)/t17-/m1/s1. The molecule has 1 N–H and O–H groups in total. The van der Waals surface area contributed by atoms with E-state index in [-0.39, 0.29) is 18.5 Å². The molecule has 0 aromatic carbocycles. The van der Waals surface area contributed by atoms with Crippen molar-refractivity contribution < 1.29 is 9.21 Å². The Kier molecular flexibility index (Phi) is 5.03. The highest BCUT2D eigenvalue weighted by Crippen LogP contribution is 2.28. The minimum absolute atomic E-state index is 0.119. The van der Waals surface area contributed by atoms with Gasteiger partial charge in [0.15, 0.2) is 0 Å². The molecular formula is C22H25N5O2. The van der Waals surface area contributed by atoms with E-state index < -0.39 is 0 Å². The summed E-state index contributed by atoms with van der Waals surface area (Å²) in [5.41, 5.74) is 3.54. The average molecular weight is 391 g/mol. The number of carbonyl (C=O) groups is 1. The molecule has 0 saturated carbocycles. The first-order valence-corrected chi connectivity index (χ1v) is 9.80. The van der Waals surface area contributed by atoms with Gasteiger partial charge in [-0.3, -0.25) is 9.69 Å². The van der Waals surface area contributed by atoms with Gasteiger partial charge in [0.1, 0.15) is 17.6 Å². The molecule has 150 valence electrons. The number of nitrogens with one attached hydrogen (secondary N) is 1. The van der Waals surface area contributed by atoms with Crippen molar-refractivity contribution in [2.75, 3.05) is 18.4 Å². The summed E-state index contributed by atoms with van der Waals surface area (Å²) in [4.78, 5) is 15.1. The molecule has 3 aromatic rings. The first-order valence-electron chi connectivity index (χ1n) is 9.80. The molecule has 0 radical (unpaired) electrons. The molecule has 0 aliphatic carbocycles. The largest absolute Gasteiger partial charge is 0.467 e. The summed E-state index contributed by atoms with van der Waals surface area (Å²) in [6.45, 7) is 8.40. The SMILES string of the molecule is Cc1c(C#N)c(NC(=O)CN2CCn3cccc3[C@H]2C)n(Cc2ccco2)c1C. The number of fused-ring (bicyclic) bond motifs is 1. The Balaban J connectivity index is 1.55. The highest BCUT2D eigenvalue weighted by Gasteiger charge is 2.26. The van der Waals surface area contributed by atoms with Crippen molar-refractivity contribution in [1.29, 1.82) is 5.26 Å². The third kappa shape index (κ3) is 3.47. The van der Waals surface area contributed by atoms with Crippen LogP contribution in [0.1, 0.15) is 41.2 Å². The number of nitriles is 1. The Morgan fingerprint density at radius 3 is 2.86 bits per heavy atom. The predicted molar refractivity (Wildman–Crippen MR) is 109 cm³/mol. The summed E-state index contributed by atoms with van der Waals surface area (Å²) in [5, 5.41) is 12.7. The van der Waals surface area contributed by atoms with E-state index in [1.165, 1.54) is 5.69 Å². The summed E-state index contributed by atoms with van der Waals surface area (Å²) in [5.74, 6) is 1.19. The number of rotatable bonds is 5. The lowest BCUT2D eigenvalue weighted by atomic mass is 10.1. The van der Waals surface area contributed by atoms with Crippen molar-refractivity contribution in [3.05, 3.63) is 65.0 Å². The van der Waals surface area contributed by atoms with E-state index in [2.05, 4.69) is 40.0 Å². The van der Waals surface area contributed by atoms with Gasteiger partial charge in [-0.1, -0.05) is 0 Å². The fourth-order valence-corrected chi connectivity index (χ4v) is 4.09. The molecule has 4 rings (SSSR count). The topological polar surface area (TPSA) is 79.1 Å². The van der Waals surface area contributed by atoms with Crippen LogP contribution in [0.15, 0.2) is 41.1 Å². The number of amides is 1. The average Bonchev–Trinajstić information content (AvgIpc) is 3.42. The van der Waals surface area contributed by atoms with Gasteiger partial charge in [-0.25, -0.2) is 0 Å². The highest BCUT2D eigenvalue weighted by molar-refractivity contribution is 5.93. The number of hydrogen-bond donors (Lipinski definition) is 1. The molecule has 0 saturated heterocycles. The summed E-state index contributed by atoms with van der Waals surface area (Å²) in [6.07, 6.45) is 3.70. The van der Waals surface area contributed by atoms with Crippen molar-refractivity contribution in [3.8, 4) is 6.07 Å². The molecule has 1 amide bonds. The molecule has 4 heterocycles. The van der Waals surface area contributed by atoms with Gasteiger partial charge < -0.3 is 18.9 Å². The lowest BCUT2D eigenvalue weighted by Crippen LogP contribution is -2.41. The van der Waals surface area contributed by atoms with Crippen LogP contribution >= 0.6 is 0 Å². The Labute approximate surface area is 170 Å². The molecule has 7 heteroatoms. The zero-order valence-corrected chi connectivity index (χ0v) is 17.0. The third-order valence-corrected chi connectivity index (χ3v) is 5.91. The first-order chi connectivity index (χ1) is 14.0. The van der Waals surface area contributed by atoms with Gasteiger partial charge in [-0.05, 0) is 50.6 Å². The number of anilines is 1. The first kappa shape index (κ1) is 19.1. The van der Waals surface area contributed by atoms with Crippen molar-refractivity contribution in [2.45, 2.75) is 39.9 Å². The number of aromatic nitrogens is 2. The van der Waals surface area contributed by atoms with Gasteiger partial charge in [0.25, 0.3) is 0 Å². The smallest absolute Gasteiger partial charge is 0.239 e. The minimum atomic E-state index is -0.119. The normalized spacial score (nSPS) is 16.4. The summed E-state index contributed by atoms with van der Waals surface area (Å²) in [7, 11) is 0. The molecule has 29 heavy (non-hydrogen) atoms. The van der Waals surface area contributed by atoms with Crippen LogP contribution in [0.3, 0.4) is 0 Å². The fourth-order valence-electron chi connectivity index (χ4n) is 4.09. The molecule has 1 atom stereocenters. The second kappa shape index (κ2) is 7.64. The quantitative estimate of drug-likeness (QED) is 0.723. The van der Waals surface area contributed by atoms with E-state index in [9.17, 15) is 10.1 Å². The maximum Gasteiger partial charge on any atom is 0.239 e. The van der Waals surface area contributed by atoms with Crippen molar-refractivity contribution in [3.63, 3.8) is 0 Å². The third-order valence-electron chi connectivity index (χ3n) is 5.91. The zero-order chi connectivity index (χ0) is 20.5. The second-order valence-electron chi connectivity index (χ2n) is 7.53. The summed E-state index contributed by atoms with van der Waals surface area (Å²) in [6, 6.07) is 10.3. The van der Waals surface area contributed by atoms with E-state index in [1.54, 1.807) is 6.26 Å². The van der Waals surface area contributed by atoms with E-state index >= 15 is 0 Å². The van der Waals surface area contributed by atoms with Crippen LogP contribution < -0.4 is 5.32 Å². The van der Waals surface area contributed by atoms with E-state index in [0.29, 0.717) is 17.9 Å². The Morgan fingerprint density at radius 2 is 2.14 bits per heavy atom. The molecule has 0 unspecified atom stereocenters. The number of carbonyl (C=O) groups excluding carboxylic acids is 1. The monoisotopic (exact) mass is 391 g/mol. The second-order valence-corrected chi connectivity index (χ2v) is 7.53. The van der Waals surface area contributed by atoms with Gasteiger partial charge >= 0.3 is 0 Å². The molecule has 0 fully saturated rings. The minimum Gasteiger partial charge on any atom is -0.467 e. The number of furan rings is 1. The van der Waals surface area contributed by atoms with Crippen LogP contribution in [0.5, 0.6) is 0 Å². The number of hydrogen-bond acceptors (Lipinski definition) is 4. The Morgan fingerprint density at radius 1 is 1.31 bits per heavy atom. The summed E-state index contributed by atoms with van der Waals surface area (Å²) < 4.78 is 9.64. The fraction of sp³-hybridized carbons (Fsp3) is 0.364. The predicted octanol–water partition coefficient (Wildman–Crippen LogP) is 3.43. The molecule has 1 aliphatic rings. The van der Waals surface area contributed by atoms with Crippen LogP contribution in [0.2, 0.25) is 0 Å². The van der Waals surface area contributed by atoms with Crippen molar-refractivity contribution in [1.82, 2.24) is 14.0 Å². The van der Waals surface area contributed by atoms with Gasteiger partial charge in [0.2, 0.25) is 5.91 Å². The van der Waals surface area contributed by atoms with E-state index in [0.717, 1.165) is 30.1 Å². The zero-order valence-electron chi connectivity index (χ0n) is 17.0. The molecule has 1 aliphatic heterocycles. The van der Waals surface area contributed by atoms with Gasteiger partial charge in [-0.2, -0.15) is 5.26 Å². The molecular weight excluding hydrogens is 366 g/mol. The van der Waals surface area contributed by atoms with Gasteiger partial charge in [0, 0.05) is 36.7 Å².